The summed E-state index contributed by atoms with van der Waals surface area (Å²) in [6, 6.07) is 10.6. The third kappa shape index (κ3) is 2.90. The van der Waals surface area contributed by atoms with Gasteiger partial charge in [0.2, 0.25) is 0 Å². The molecule has 5 nitrogen and oxygen atoms in total. The van der Waals surface area contributed by atoms with E-state index >= 15 is 0 Å². The number of nitrogens with one attached hydrogen (secondary N) is 1. The Morgan fingerprint density at radius 1 is 1.26 bits per heavy atom. The summed E-state index contributed by atoms with van der Waals surface area (Å²) in [6.07, 6.45) is 3.53. The Kier molecular flexibility index (Phi) is 4.02. The molecule has 0 saturated carbocycles. The molecule has 0 fully saturated rings. The molecule has 0 aliphatic heterocycles. The minimum atomic E-state index is -0.270. The molecule has 118 valence electrons. The number of nitrogens with zero attached hydrogens (tertiary/aromatic N) is 2. The SMILES string of the molecule is CCCc1nc2ccc(C)cn2c1C(=O)Nc1ccccc1O. The second-order valence-corrected chi connectivity index (χ2v) is 5.56. The first kappa shape index (κ1) is 15.1. The van der Waals surface area contributed by atoms with Crippen LogP contribution in [0.1, 0.15) is 35.1 Å². The number of hydrogen-bond acceptors (Lipinski definition) is 3. The summed E-state index contributed by atoms with van der Waals surface area (Å²) in [5.74, 6) is -0.226. The fraction of sp³-hybridized carbons (Fsp3) is 0.222. The number of phenols is 1. The van der Waals surface area contributed by atoms with Crippen LogP contribution in [0.2, 0.25) is 0 Å². The Morgan fingerprint density at radius 3 is 2.78 bits per heavy atom. The third-order valence-electron chi connectivity index (χ3n) is 3.69. The van der Waals surface area contributed by atoms with Gasteiger partial charge in [-0.3, -0.25) is 9.20 Å². The highest BCUT2D eigenvalue weighted by atomic mass is 16.3. The van der Waals surface area contributed by atoms with Crippen LogP contribution in [-0.4, -0.2) is 20.4 Å². The second kappa shape index (κ2) is 6.12. The molecule has 1 aromatic carbocycles. The van der Waals surface area contributed by atoms with Crippen LogP contribution < -0.4 is 5.32 Å². The van der Waals surface area contributed by atoms with E-state index in [4.69, 9.17) is 0 Å². The number of anilines is 1. The van der Waals surface area contributed by atoms with E-state index in [0.717, 1.165) is 29.7 Å². The average Bonchev–Trinajstić information content (AvgIpc) is 2.87. The molecule has 2 N–H and O–H groups in total. The van der Waals surface area contributed by atoms with Crippen molar-refractivity contribution in [3.63, 3.8) is 0 Å². The summed E-state index contributed by atoms with van der Waals surface area (Å²) >= 11 is 0. The molecule has 0 atom stereocenters. The van der Waals surface area contributed by atoms with Gasteiger partial charge in [0, 0.05) is 6.20 Å². The van der Waals surface area contributed by atoms with E-state index in [-0.39, 0.29) is 11.7 Å². The maximum absolute atomic E-state index is 12.8. The summed E-state index contributed by atoms with van der Waals surface area (Å²) in [4.78, 5) is 17.3. The van der Waals surface area contributed by atoms with Crippen LogP contribution in [0.15, 0.2) is 42.6 Å². The van der Waals surface area contributed by atoms with Gasteiger partial charge in [-0.2, -0.15) is 0 Å². The van der Waals surface area contributed by atoms with Crippen LogP contribution in [0.5, 0.6) is 5.75 Å². The van der Waals surface area contributed by atoms with Gasteiger partial charge in [-0.25, -0.2) is 4.98 Å². The van der Waals surface area contributed by atoms with E-state index in [1.165, 1.54) is 0 Å². The number of hydrogen-bond donors (Lipinski definition) is 2. The number of imidazole rings is 1. The first-order valence-corrected chi connectivity index (χ1v) is 7.67. The molecule has 2 heterocycles. The number of para-hydroxylation sites is 2. The molecule has 0 saturated heterocycles. The smallest absolute Gasteiger partial charge is 0.274 e. The van der Waals surface area contributed by atoms with Crippen molar-refractivity contribution in [2.45, 2.75) is 26.7 Å². The minimum Gasteiger partial charge on any atom is -0.506 e. The molecule has 3 aromatic rings. The van der Waals surface area contributed by atoms with Crippen molar-refractivity contribution in [2.75, 3.05) is 5.32 Å². The predicted molar refractivity (Wildman–Crippen MR) is 90.0 cm³/mol. The Hall–Kier alpha value is -2.82. The van der Waals surface area contributed by atoms with Crippen molar-refractivity contribution in [1.29, 1.82) is 0 Å². The highest BCUT2D eigenvalue weighted by molar-refractivity contribution is 6.05. The van der Waals surface area contributed by atoms with Gasteiger partial charge < -0.3 is 10.4 Å². The number of fused-ring (bicyclic) bond motifs is 1. The summed E-state index contributed by atoms with van der Waals surface area (Å²) < 4.78 is 1.82. The van der Waals surface area contributed by atoms with Gasteiger partial charge in [-0.1, -0.05) is 31.5 Å². The number of rotatable bonds is 4. The third-order valence-corrected chi connectivity index (χ3v) is 3.69. The van der Waals surface area contributed by atoms with E-state index in [9.17, 15) is 9.90 Å². The standard InChI is InChI=1S/C18H19N3O2/c1-3-6-14-17(21-11-12(2)9-10-16(21)19-14)18(23)20-13-7-4-5-8-15(13)22/h4-5,7-11,22H,3,6H2,1-2H3,(H,20,23). The van der Waals surface area contributed by atoms with Crippen LogP contribution >= 0.6 is 0 Å². The molecular weight excluding hydrogens is 290 g/mol. The summed E-state index contributed by atoms with van der Waals surface area (Å²) in [5.41, 5.74) is 3.48. The number of phenolic OH excluding ortho intramolecular Hbond substituents is 1. The lowest BCUT2D eigenvalue weighted by molar-refractivity contribution is 0.102. The molecule has 0 unspecified atom stereocenters. The maximum Gasteiger partial charge on any atom is 0.274 e. The Morgan fingerprint density at radius 2 is 2.04 bits per heavy atom. The monoisotopic (exact) mass is 309 g/mol. The second-order valence-electron chi connectivity index (χ2n) is 5.56. The van der Waals surface area contributed by atoms with E-state index in [2.05, 4.69) is 17.2 Å². The lowest BCUT2D eigenvalue weighted by Crippen LogP contribution is -2.16. The molecular formula is C18H19N3O2. The van der Waals surface area contributed by atoms with Gasteiger partial charge in [0.15, 0.2) is 0 Å². The maximum atomic E-state index is 12.8. The number of aromatic nitrogens is 2. The average molecular weight is 309 g/mol. The minimum absolute atomic E-state index is 0.0443. The fourth-order valence-corrected chi connectivity index (χ4v) is 2.61. The van der Waals surface area contributed by atoms with Crippen molar-refractivity contribution in [2.24, 2.45) is 0 Å². The number of benzene rings is 1. The van der Waals surface area contributed by atoms with Gasteiger partial charge in [-0.15, -0.1) is 0 Å². The molecule has 5 heteroatoms. The van der Waals surface area contributed by atoms with Crippen LogP contribution in [0.25, 0.3) is 5.65 Å². The quantitative estimate of drug-likeness (QED) is 0.724. The van der Waals surface area contributed by atoms with Gasteiger partial charge in [0.05, 0.1) is 11.4 Å². The molecule has 0 aliphatic carbocycles. The lowest BCUT2D eigenvalue weighted by atomic mass is 10.2. The number of amides is 1. The Bertz CT molecular complexity index is 868. The zero-order valence-electron chi connectivity index (χ0n) is 13.2. The zero-order valence-corrected chi connectivity index (χ0v) is 13.2. The van der Waals surface area contributed by atoms with Gasteiger partial charge in [0.25, 0.3) is 5.91 Å². The molecule has 0 aliphatic rings. The van der Waals surface area contributed by atoms with Crippen molar-refractivity contribution in [1.82, 2.24) is 9.38 Å². The molecule has 0 spiro atoms. The molecule has 2 aromatic heterocycles. The zero-order chi connectivity index (χ0) is 16.4. The van der Waals surface area contributed by atoms with Gasteiger partial charge in [0.1, 0.15) is 17.1 Å². The first-order valence-electron chi connectivity index (χ1n) is 7.67. The largest absolute Gasteiger partial charge is 0.506 e. The summed E-state index contributed by atoms with van der Waals surface area (Å²) in [7, 11) is 0. The van der Waals surface area contributed by atoms with Crippen LogP contribution in [0.3, 0.4) is 0 Å². The van der Waals surface area contributed by atoms with E-state index in [0.29, 0.717) is 11.4 Å². The van der Waals surface area contributed by atoms with Crippen LogP contribution in [-0.2, 0) is 6.42 Å². The first-order chi connectivity index (χ1) is 11.1. The fourth-order valence-electron chi connectivity index (χ4n) is 2.61. The van der Waals surface area contributed by atoms with Crippen LogP contribution in [0, 0.1) is 6.92 Å². The van der Waals surface area contributed by atoms with Crippen molar-refractivity contribution >= 4 is 17.2 Å². The van der Waals surface area contributed by atoms with E-state index < -0.39 is 0 Å². The number of carbonyl (C=O) groups excluding carboxylic acids is 1. The highest BCUT2D eigenvalue weighted by Crippen LogP contribution is 2.23. The molecule has 3 rings (SSSR count). The number of carbonyl (C=O) groups is 1. The number of aryl methyl sites for hydroxylation is 2. The van der Waals surface area contributed by atoms with E-state index in [1.807, 2.05) is 29.7 Å². The van der Waals surface area contributed by atoms with Crippen LogP contribution in [0.4, 0.5) is 5.69 Å². The topological polar surface area (TPSA) is 66.6 Å². The van der Waals surface area contributed by atoms with Gasteiger partial charge >= 0.3 is 0 Å². The van der Waals surface area contributed by atoms with Crippen molar-refractivity contribution < 1.29 is 9.90 Å². The van der Waals surface area contributed by atoms with E-state index in [1.54, 1.807) is 24.3 Å². The Balaban J connectivity index is 2.06. The lowest BCUT2D eigenvalue weighted by Gasteiger charge is -2.08. The summed E-state index contributed by atoms with van der Waals surface area (Å²) in [6.45, 7) is 4.03. The Labute approximate surface area is 134 Å². The number of aromatic hydroxyl groups is 1. The summed E-state index contributed by atoms with van der Waals surface area (Å²) in [5, 5.41) is 12.6. The molecule has 0 bridgehead atoms. The molecule has 1 amide bonds. The predicted octanol–water partition coefficient (Wildman–Crippen LogP) is 3.55. The van der Waals surface area contributed by atoms with Crippen molar-refractivity contribution in [3.05, 3.63) is 59.5 Å². The number of pyridine rings is 1. The molecule has 23 heavy (non-hydrogen) atoms. The normalized spacial score (nSPS) is 10.9. The highest BCUT2D eigenvalue weighted by Gasteiger charge is 2.19. The van der Waals surface area contributed by atoms with Crippen molar-refractivity contribution in [3.8, 4) is 5.75 Å². The molecule has 0 radical (unpaired) electrons. The van der Waals surface area contributed by atoms with Gasteiger partial charge in [-0.05, 0) is 37.1 Å².